The molecule has 0 aliphatic carbocycles. The van der Waals surface area contributed by atoms with E-state index in [1.54, 1.807) is 0 Å². The molecule has 0 aliphatic heterocycles. The monoisotopic (exact) mass is 316 g/mol. The van der Waals surface area contributed by atoms with Crippen LogP contribution in [0.5, 0.6) is 0 Å². The molecule has 0 bridgehead atoms. The van der Waals surface area contributed by atoms with E-state index in [1.807, 2.05) is 0 Å². The van der Waals surface area contributed by atoms with Crippen molar-refractivity contribution in [2.24, 2.45) is 0 Å². The van der Waals surface area contributed by atoms with Gasteiger partial charge in [0.1, 0.15) is 0 Å². The molecule has 0 fully saturated rings. The Morgan fingerprint density at radius 1 is 1.00 bits per heavy atom. The average Bonchev–Trinajstić information content (AvgIpc) is 0. The summed E-state index contributed by atoms with van der Waals surface area (Å²) in [5, 5.41) is 0. The molecular formula is H2FeNiOW. The summed E-state index contributed by atoms with van der Waals surface area (Å²) >= 11 is 0. The van der Waals surface area contributed by atoms with Gasteiger partial charge < -0.3 is 5.48 Å². The zero-order chi connectivity index (χ0) is 0. The fourth-order valence-corrected chi connectivity index (χ4v) is 0. The van der Waals surface area contributed by atoms with Crippen LogP contribution < -0.4 is 0 Å². The Morgan fingerprint density at radius 2 is 1.00 bits per heavy atom. The summed E-state index contributed by atoms with van der Waals surface area (Å²) in [6.45, 7) is 0. The largest absolute Gasteiger partial charge is 0.412 e. The maximum Gasteiger partial charge on any atom is 0 e. The maximum atomic E-state index is 0. The molecule has 0 aromatic rings. The second-order valence-electron chi connectivity index (χ2n) is 0. The van der Waals surface area contributed by atoms with E-state index in [4.69, 9.17) is 0 Å². The summed E-state index contributed by atoms with van der Waals surface area (Å²) in [5.41, 5.74) is 0. The first-order valence-electron chi connectivity index (χ1n) is 0. The van der Waals surface area contributed by atoms with Crippen LogP contribution >= 0.6 is 0 Å². The zero-order valence-electron chi connectivity index (χ0n) is 1.58. The van der Waals surface area contributed by atoms with Crippen LogP contribution in [-0.2, 0) is 54.6 Å². The SMILES string of the molecule is O.[Fe].[Ni].[W]. The van der Waals surface area contributed by atoms with Gasteiger partial charge in [0.15, 0.2) is 0 Å². The first-order valence-corrected chi connectivity index (χ1v) is 0. The second kappa shape index (κ2) is 22.6. The predicted molar refractivity (Wildman–Crippen MR) is 3.61 cm³/mol. The molecule has 0 unspecified atom stereocenters. The second-order valence-corrected chi connectivity index (χ2v) is 0. The van der Waals surface area contributed by atoms with Crippen LogP contribution in [0.25, 0.3) is 0 Å². The van der Waals surface area contributed by atoms with Crippen LogP contribution in [0.15, 0.2) is 0 Å². The number of rotatable bonds is 0. The Hall–Kier alpha value is 1.66. The van der Waals surface area contributed by atoms with Crippen LogP contribution in [0.2, 0.25) is 0 Å². The van der Waals surface area contributed by atoms with Crippen molar-refractivity contribution in [2.75, 3.05) is 0 Å². The molecule has 0 aliphatic rings. The minimum atomic E-state index is 0. The average molecular weight is 316 g/mol. The van der Waals surface area contributed by atoms with Gasteiger partial charge in [-0.2, -0.15) is 0 Å². The summed E-state index contributed by atoms with van der Waals surface area (Å²) < 4.78 is 0. The Morgan fingerprint density at radius 3 is 1.00 bits per heavy atom. The minimum Gasteiger partial charge on any atom is -0.412 e. The van der Waals surface area contributed by atoms with E-state index in [-0.39, 0.29) is 60.1 Å². The van der Waals surface area contributed by atoms with E-state index in [9.17, 15) is 0 Å². The van der Waals surface area contributed by atoms with Gasteiger partial charge in [0.25, 0.3) is 0 Å². The first kappa shape index (κ1) is 44.6. The third-order valence-electron chi connectivity index (χ3n) is 0. The van der Waals surface area contributed by atoms with Crippen LogP contribution in [0.4, 0.5) is 0 Å². The Labute approximate surface area is 59.9 Å². The molecule has 0 aromatic heterocycles. The van der Waals surface area contributed by atoms with Crippen molar-refractivity contribution >= 4 is 0 Å². The summed E-state index contributed by atoms with van der Waals surface area (Å²) in [4.78, 5) is 0. The summed E-state index contributed by atoms with van der Waals surface area (Å²) in [5.74, 6) is 0. The molecule has 2 N–H and O–H groups in total. The van der Waals surface area contributed by atoms with Gasteiger partial charge in [0.2, 0.25) is 0 Å². The van der Waals surface area contributed by atoms with Gasteiger partial charge in [-0.15, -0.1) is 0 Å². The molecular weight excluding hydrogens is 314 g/mol. The van der Waals surface area contributed by atoms with Crippen molar-refractivity contribution in [2.45, 2.75) is 0 Å². The predicted octanol–water partition coefficient (Wildman–Crippen LogP) is -0.832. The Balaban J connectivity index is 0. The van der Waals surface area contributed by atoms with Gasteiger partial charge >= 0.3 is 0 Å². The molecule has 0 heterocycles. The van der Waals surface area contributed by atoms with Crippen molar-refractivity contribution in [1.82, 2.24) is 0 Å². The molecule has 0 spiro atoms. The van der Waals surface area contributed by atoms with E-state index < -0.39 is 0 Å². The van der Waals surface area contributed by atoms with Gasteiger partial charge in [-0.1, -0.05) is 0 Å². The van der Waals surface area contributed by atoms with Gasteiger partial charge in [-0.05, 0) is 0 Å². The Kier molecular flexibility index (Phi) is 252. The van der Waals surface area contributed by atoms with Crippen molar-refractivity contribution in [3.8, 4) is 0 Å². The van der Waals surface area contributed by atoms with Crippen molar-refractivity contribution < 1.29 is 60.1 Å². The van der Waals surface area contributed by atoms with Gasteiger partial charge in [0, 0.05) is 54.6 Å². The summed E-state index contributed by atoms with van der Waals surface area (Å²) in [7, 11) is 0. The normalized spacial score (nSPS) is 0. The summed E-state index contributed by atoms with van der Waals surface area (Å²) in [6, 6.07) is 0. The third kappa shape index (κ3) is 9.40. The topological polar surface area (TPSA) is 31.5 Å². The van der Waals surface area contributed by atoms with Crippen LogP contribution in [-0.4, -0.2) is 5.48 Å². The molecule has 0 saturated carbocycles. The van der Waals surface area contributed by atoms with Gasteiger partial charge in [-0.3, -0.25) is 0 Å². The molecule has 0 aromatic carbocycles. The van der Waals surface area contributed by atoms with E-state index in [0.29, 0.717) is 0 Å². The molecule has 0 radical (unpaired) electrons. The van der Waals surface area contributed by atoms with E-state index in [0.717, 1.165) is 0 Å². The van der Waals surface area contributed by atoms with E-state index >= 15 is 0 Å². The third-order valence-corrected chi connectivity index (χ3v) is 0. The van der Waals surface area contributed by atoms with E-state index in [1.165, 1.54) is 0 Å². The number of hydrogen-bond acceptors (Lipinski definition) is 0. The zero-order valence-corrected chi connectivity index (χ0v) is 6.60. The molecule has 0 saturated heterocycles. The molecule has 32 valence electrons. The van der Waals surface area contributed by atoms with Gasteiger partial charge in [-0.25, -0.2) is 0 Å². The fourth-order valence-electron chi connectivity index (χ4n) is 0. The van der Waals surface area contributed by atoms with Crippen molar-refractivity contribution in [1.29, 1.82) is 0 Å². The quantitative estimate of drug-likeness (QED) is 0.523. The maximum absolute atomic E-state index is 0. The molecule has 0 rings (SSSR count). The van der Waals surface area contributed by atoms with Crippen LogP contribution in [0.1, 0.15) is 0 Å². The Bertz CT molecular complexity index is 8.00. The molecule has 0 amide bonds. The molecule has 1 nitrogen and oxygen atoms in total. The van der Waals surface area contributed by atoms with Gasteiger partial charge in [0.05, 0.1) is 0 Å². The van der Waals surface area contributed by atoms with E-state index in [2.05, 4.69) is 0 Å². The van der Waals surface area contributed by atoms with Crippen LogP contribution in [0.3, 0.4) is 0 Å². The van der Waals surface area contributed by atoms with Crippen LogP contribution in [0, 0.1) is 0 Å². The molecule has 0 atom stereocenters. The minimum absolute atomic E-state index is 0. The smallest absolute Gasteiger partial charge is 0 e. The molecule has 4 heavy (non-hydrogen) atoms. The first-order chi connectivity index (χ1) is 0. The standard InChI is InChI=1S/Fe.Ni.H2O.W/h;;1H2;. The number of hydrogen-bond donors (Lipinski definition) is 0. The molecule has 4 heteroatoms. The van der Waals surface area contributed by atoms with Crippen molar-refractivity contribution in [3.05, 3.63) is 0 Å². The fraction of sp³-hybridized carbons (Fsp3) is 0. The summed E-state index contributed by atoms with van der Waals surface area (Å²) in [6.07, 6.45) is 0. The van der Waals surface area contributed by atoms with Crippen molar-refractivity contribution in [3.63, 3.8) is 0 Å².